The summed E-state index contributed by atoms with van der Waals surface area (Å²) in [7, 11) is 1.23. The van der Waals surface area contributed by atoms with Crippen molar-refractivity contribution in [1.82, 2.24) is 15.5 Å². The number of carbonyl (C=O) groups is 4. The van der Waals surface area contributed by atoms with Gasteiger partial charge in [-0.2, -0.15) is 0 Å². The van der Waals surface area contributed by atoms with Crippen LogP contribution in [0.3, 0.4) is 0 Å². The Morgan fingerprint density at radius 1 is 1.06 bits per heavy atom. The molecule has 0 saturated heterocycles. The number of aryl methyl sites for hydroxylation is 2. The summed E-state index contributed by atoms with van der Waals surface area (Å²) in [6.45, 7) is 15.8. The van der Waals surface area contributed by atoms with Crippen molar-refractivity contribution >= 4 is 23.9 Å². The van der Waals surface area contributed by atoms with Crippen LogP contribution >= 0.6 is 0 Å². The number of nitrogens with zero attached hydrogens (tertiary/aromatic N) is 1. The number of carbonyl (C=O) groups excluding carboxylic acids is 4. The van der Waals surface area contributed by atoms with Gasteiger partial charge in [-0.3, -0.25) is 14.4 Å². The third kappa shape index (κ3) is 8.56. The third-order valence-electron chi connectivity index (χ3n) is 5.73. The Hall–Kier alpha value is -3.10. The SMILES string of the molecule is CCC(C)(C)N(C(=O)C(C)NC(=O)OC(C)(C)C)C(C(=O)NCC(=O)OC)c1cc(C)ccc1C. The molecule has 0 aliphatic carbocycles. The van der Waals surface area contributed by atoms with Crippen LogP contribution in [0.25, 0.3) is 0 Å². The lowest BCUT2D eigenvalue weighted by Gasteiger charge is -2.44. The van der Waals surface area contributed by atoms with Crippen molar-refractivity contribution < 1.29 is 28.7 Å². The first-order valence-corrected chi connectivity index (χ1v) is 11.8. The number of benzene rings is 1. The van der Waals surface area contributed by atoms with Crippen LogP contribution in [0.15, 0.2) is 18.2 Å². The number of hydrogen-bond donors (Lipinski definition) is 2. The van der Waals surface area contributed by atoms with Gasteiger partial charge in [-0.05, 0) is 72.9 Å². The maximum Gasteiger partial charge on any atom is 0.408 e. The van der Waals surface area contributed by atoms with Gasteiger partial charge in [0, 0.05) is 5.54 Å². The molecule has 2 unspecified atom stereocenters. The summed E-state index contributed by atoms with van der Waals surface area (Å²) >= 11 is 0. The summed E-state index contributed by atoms with van der Waals surface area (Å²) < 4.78 is 9.95. The molecule has 0 aliphatic heterocycles. The van der Waals surface area contributed by atoms with Gasteiger partial charge in [0.15, 0.2) is 0 Å². The van der Waals surface area contributed by atoms with Gasteiger partial charge in [0.1, 0.15) is 24.2 Å². The maximum atomic E-state index is 13.8. The molecule has 0 radical (unpaired) electrons. The van der Waals surface area contributed by atoms with Crippen molar-refractivity contribution in [2.75, 3.05) is 13.7 Å². The van der Waals surface area contributed by atoms with E-state index in [0.717, 1.165) is 11.1 Å². The lowest BCUT2D eigenvalue weighted by Crippen LogP contribution is -2.59. The first kappa shape index (κ1) is 29.9. The van der Waals surface area contributed by atoms with Gasteiger partial charge in [0.25, 0.3) is 0 Å². The largest absolute Gasteiger partial charge is 0.468 e. The van der Waals surface area contributed by atoms with Crippen LogP contribution in [0.5, 0.6) is 0 Å². The zero-order valence-corrected chi connectivity index (χ0v) is 22.7. The fraction of sp³-hybridized carbons (Fsp3) is 0.615. The van der Waals surface area contributed by atoms with E-state index in [1.54, 1.807) is 27.7 Å². The Morgan fingerprint density at radius 2 is 1.66 bits per heavy atom. The number of amides is 3. The normalized spacial score (nSPS) is 13.3. The molecule has 0 bridgehead atoms. The maximum absolute atomic E-state index is 13.8. The average Bonchev–Trinajstić information content (AvgIpc) is 2.75. The molecule has 0 saturated carbocycles. The summed E-state index contributed by atoms with van der Waals surface area (Å²) in [4.78, 5) is 53.0. The smallest absolute Gasteiger partial charge is 0.408 e. The van der Waals surface area contributed by atoms with Crippen LogP contribution in [0.1, 0.15) is 77.6 Å². The molecule has 0 aromatic heterocycles. The van der Waals surface area contributed by atoms with Gasteiger partial charge >= 0.3 is 12.1 Å². The van der Waals surface area contributed by atoms with Crippen molar-refractivity contribution in [2.24, 2.45) is 0 Å². The van der Waals surface area contributed by atoms with E-state index in [4.69, 9.17) is 4.74 Å². The highest BCUT2D eigenvalue weighted by Crippen LogP contribution is 2.34. The quantitative estimate of drug-likeness (QED) is 0.511. The second-order valence-corrected chi connectivity index (χ2v) is 10.3. The van der Waals surface area contributed by atoms with Crippen molar-refractivity contribution in [1.29, 1.82) is 0 Å². The van der Waals surface area contributed by atoms with Crippen molar-refractivity contribution in [2.45, 2.75) is 92.0 Å². The average molecular weight is 492 g/mol. The molecular weight excluding hydrogens is 450 g/mol. The van der Waals surface area contributed by atoms with Crippen LogP contribution < -0.4 is 10.6 Å². The molecule has 1 aromatic carbocycles. The summed E-state index contributed by atoms with van der Waals surface area (Å²) in [5.41, 5.74) is 0.852. The van der Waals surface area contributed by atoms with Crippen LogP contribution in [0.4, 0.5) is 4.79 Å². The van der Waals surface area contributed by atoms with Crippen LogP contribution in [0, 0.1) is 13.8 Å². The predicted octanol–water partition coefficient (Wildman–Crippen LogP) is 3.56. The van der Waals surface area contributed by atoms with Crippen LogP contribution in [0.2, 0.25) is 0 Å². The highest BCUT2D eigenvalue weighted by molar-refractivity contribution is 5.93. The second kappa shape index (κ2) is 12.0. The van der Waals surface area contributed by atoms with E-state index in [2.05, 4.69) is 15.4 Å². The van der Waals surface area contributed by atoms with Gasteiger partial charge in [0.2, 0.25) is 11.8 Å². The summed E-state index contributed by atoms with van der Waals surface area (Å²) in [5.74, 6) is -1.59. The summed E-state index contributed by atoms with van der Waals surface area (Å²) in [6.07, 6.45) is -0.199. The Morgan fingerprint density at radius 3 is 2.17 bits per heavy atom. The minimum atomic E-state index is -1.05. The topological polar surface area (TPSA) is 114 Å². The molecule has 0 fully saturated rings. The standard InChI is InChI=1S/C26H41N3O6/c1-11-26(8,9)29(23(32)18(4)28-24(33)35-25(5,6)7)21(22(31)27-15-20(30)34-10)19-14-16(2)12-13-17(19)3/h12-14,18,21H,11,15H2,1-10H3,(H,27,31)(H,28,33). The third-order valence-corrected chi connectivity index (χ3v) is 5.73. The fourth-order valence-corrected chi connectivity index (χ4v) is 3.48. The summed E-state index contributed by atoms with van der Waals surface area (Å²) in [5, 5.41) is 5.19. The zero-order valence-electron chi connectivity index (χ0n) is 22.7. The van der Waals surface area contributed by atoms with Gasteiger partial charge in [-0.25, -0.2) is 4.79 Å². The zero-order chi connectivity index (χ0) is 27.1. The number of esters is 1. The minimum absolute atomic E-state index is 0.336. The van der Waals surface area contributed by atoms with E-state index in [1.807, 2.05) is 52.8 Å². The highest BCUT2D eigenvalue weighted by Gasteiger charge is 2.42. The Kier molecular flexibility index (Phi) is 10.3. The highest BCUT2D eigenvalue weighted by atomic mass is 16.6. The Labute approximate surface area is 208 Å². The molecule has 9 nitrogen and oxygen atoms in total. The van der Waals surface area contributed by atoms with Crippen LogP contribution in [-0.4, -0.2) is 59.6 Å². The van der Waals surface area contributed by atoms with Gasteiger partial charge in [-0.15, -0.1) is 0 Å². The Balaban J connectivity index is 3.55. The molecule has 9 heteroatoms. The summed E-state index contributed by atoms with van der Waals surface area (Å²) in [6, 6.07) is 3.64. The molecule has 0 aliphatic rings. The number of hydrogen-bond acceptors (Lipinski definition) is 6. The van der Waals surface area contributed by atoms with E-state index in [9.17, 15) is 19.2 Å². The van der Waals surface area contributed by atoms with E-state index in [0.29, 0.717) is 12.0 Å². The first-order chi connectivity index (χ1) is 16.0. The van der Waals surface area contributed by atoms with E-state index < -0.39 is 47.1 Å². The minimum Gasteiger partial charge on any atom is -0.468 e. The molecular formula is C26H41N3O6. The molecule has 0 heterocycles. The van der Waals surface area contributed by atoms with Gasteiger partial charge < -0.3 is 25.0 Å². The molecule has 196 valence electrons. The van der Waals surface area contributed by atoms with Gasteiger partial charge in [0.05, 0.1) is 7.11 Å². The number of methoxy groups -OCH3 is 1. The molecule has 1 aromatic rings. The van der Waals surface area contributed by atoms with E-state index in [-0.39, 0.29) is 6.54 Å². The number of rotatable bonds is 9. The Bertz CT molecular complexity index is 936. The molecule has 35 heavy (non-hydrogen) atoms. The molecule has 1 rings (SSSR count). The van der Waals surface area contributed by atoms with Gasteiger partial charge in [-0.1, -0.05) is 30.7 Å². The monoisotopic (exact) mass is 491 g/mol. The lowest BCUT2D eigenvalue weighted by atomic mass is 9.90. The van der Waals surface area contributed by atoms with E-state index in [1.165, 1.54) is 12.0 Å². The molecule has 2 N–H and O–H groups in total. The molecule has 3 amide bonds. The van der Waals surface area contributed by atoms with Crippen LogP contribution in [-0.2, 0) is 23.9 Å². The molecule has 0 spiro atoms. The van der Waals surface area contributed by atoms with Crippen molar-refractivity contribution in [3.8, 4) is 0 Å². The molecule has 2 atom stereocenters. The van der Waals surface area contributed by atoms with Crippen molar-refractivity contribution in [3.63, 3.8) is 0 Å². The number of ether oxygens (including phenoxy) is 2. The second-order valence-electron chi connectivity index (χ2n) is 10.3. The van der Waals surface area contributed by atoms with E-state index >= 15 is 0 Å². The first-order valence-electron chi connectivity index (χ1n) is 11.8. The fourth-order valence-electron chi connectivity index (χ4n) is 3.48. The van der Waals surface area contributed by atoms with Crippen molar-refractivity contribution in [3.05, 3.63) is 34.9 Å². The predicted molar refractivity (Wildman–Crippen MR) is 134 cm³/mol. The lowest BCUT2D eigenvalue weighted by molar-refractivity contribution is -0.149. The number of alkyl carbamates (subject to hydrolysis) is 1. The number of nitrogens with one attached hydrogen (secondary N) is 2.